The van der Waals surface area contributed by atoms with E-state index in [9.17, 15) is 0 Å². The molecule has 0 aliphatic heterocycles. The second-order valence-corrected chi connectivity index (χ2v) is 3.51. The molecule has 0 aliphatic rings. The minimum absolute atomic E-state index is 0.0368. The smallest absolute Gasteiger partial charge is 0.123 e. The molecule has 0 spiro atoms. The molecule has 0 saturated carbocycles. The van der Waals surface area contributed by atoms with Gasteiger partial charge in [-0.2, -0.15) is 0 Å². The first kappa shape index (κ1) is 11.2. The van der Waals surface area contributed by atoms with Gasteiger partial charge in [-0.25, -0.2) is 9.78 Å². The van der Waals surface area contributed by atoms with Gasteiger partial charge in [0.2, 0.25) is 0 Å². The Bertz CT molecular complexity index is 256. The lowest BCUT2D eigenvalue weighted by Gasteiger charge is -2.23. The maximum atomic E-state index is 8.53. The first-order valence-corrected chi connectivity index (χ1v) is 4.64. The summed E-state index contributed by atoms with van der Waals surface area (Å²) in [5, 5.41) is 8.53. The molecule has 1 rings (SSSR count). The van der Waals surface area contributed by atoms with Crippen molar-refractivity contribution in [3.63, 3.8) is 0 Å². The van der Waals surface area contributed by atoms with Gasteiger partial charge in [-0.1, -0.05) is 30.3 Å². The zero-order chi connectivity index (χ0) is 10.4. The van der Waals surface area contributed by atoms with Crippen LogP contribution in [0.1, 0.15) is 19.4 Å². The highest BCUT2D eigenvalue weighted by molar-refractivity contribution is 5.20. The van der Waals surface area contributed by atoms with Gasteiger partial charge in [0.15, 0.2) is 0 Å². The van der Waals surface area contributed by atoms with Crippen LogP contribution in [0.5, 0.6) is 0 Å². The van der Waals surface area contributed by atoms with Crippen LogP contribution in [0.3, 0.4) is 0 Å². The molecule has 0 atom stereocenters. The molecule has 0 fully saturated rings. The number of hydrogen-bond acceptors (Lipinski definition) is 3. The van der Waals surface area contributed by atoms with E-state index in [1.54, 1.807) is 0 Å². The Hall–Kier alpha value is -0.900. The van der Waals surface area contributed by atoms with E-state index in [-0.39, 0.29) is 13.2 Å². The second kappa shape index (κ2) is 5.10. The SMILES string of the molecule is CC(C)(OOCCO)c1ccccc1. The van der Waals surface area contributed by atoms with E-state index in [4.69, 9.17) is 14.9 Å². The van der Waals surface area contributed by atoms with Gasteiger partial charge in [0.25, 0.3) is 0 Å². The zero-order valence-corrected chi connectivity index (χ0v) is 8.56. The first-order valence-electron chi connectivity index (χ1n) is 4.64. The third-order valence-corrected chi connectivity index (χ3v) is 1.91. The van der Waals surface area contributed by atoms with E-state index in [2.05, 4.69) is 0 Å². The quantitative estimate of drug-likeness (QED) is 0.444. The van der Waals surface area contributed by atoms with Crippen molar-refractivity contribution in [2.24, 2.45) is 0 Å². The van der Waals surface area contributed by atoms with Crippen LogP contribution in [-0.4, -0.2) is 18.3 Å². The molecule has 3 nitrogen and oxygen atoms in total. The van der Waals surface area contributed by atoms with E-state index in [0.29, 0.717) is 0 Å². The minimum atomic E-state index is -0.490. The van der Waals surface area contributed by atoms with E-state index < -0.39 is 5.60 Å². The van der Waals surface area contributed by atoms with Gasteiger partial charge in [0.05, 0.1) is 6.61 Å². The predicted molar refractivity (Wildman–Crippen MR) is 53.6 cm³/mol. The molecule has 0 saturated heterocycles. The van der Waals surface area contributed by atoms with E-state index in [0.717, 1.165) is 5.56 Å². The van der Waals surface area contributed by atoms with Gasteiger partial charge >= 0.3 is 0 Å². The molecule has 78 valence electrons. The Morgan fingerprint density at radius 3 is 2.43 bits per heavy atom. The normalized spacial score (nSPS) is 11.6. The lowest BCUT2D eigenvalue weighted by Crippen LogP contribution is -2.22. The van der Waals surface area contributed by atoms with Crippen molar-refractivity contribution in [3.8, 4) is 0 Å². The lowest BCUT2D eigenvalue weighted by atomic mass is 9.99. The van der Waals surface area contributed by atoms with Crippen molar-refractivity contribution < 1.29 is 14.9 Å². The molecule has 0 aromatic heterocycles. The van der Waals surface area contributed by atoms with Gasteiger partial charge in [-0.3, -0.25) is 0 Å². The summed E-state index contributed by atoms with van der Waals surface area (Å²) in [6.07, 6.45) is 0. The zero-order valence-electron chi connectivity index (χ0n) is 8.56. The standard InChI is InChI=1S/C11H16O3/c1-11(2,14-13-9-8-12)10-6-4-3-5-7-10/h3-7,12H,8-9H2,1-2H3. The summed E-state index contributed by atoms with van der Waals surface area (Å²) in [5.74, 6) is 0. The molecule has 3 heteroatoms. The monoisotopic (exact) mass is 196 g/mol. The van der Waals surface area contributed by atoms with Crippen LogP contribution < -0.4 is 0 Å². The molecule has 14 heavy (non-hydrogen) atoms. The van der Waals surface area contributed by atoms with Crippen molar-refractivity contribution in [1.29, 1.82) is 0 Å². The van der Waals surface area contributed by atoms with E-state index in [1.807, 2.05) is 44.2 Å². The number of hydrogen-bond donors (Lipinski definition) is 1. The Labute approximate surface area is 84.2 Å². The molecule has 0 radical (unpaired) electrons. The Kier molecular flexibility index (Phi) is 4.07. The van der Waals surface area contributed by atoms with Crippen LogP contribution in [0.4, 0.5) is 0 Å². The molecule has 0 amide bonds. The average molecular weight is 196 g/mol. The highest BCUT2D eigenvalue weighted by Gasteiger charge is 2.22. The maximum Gasteiger partial charge on any atom is 0.123 e. The highest BCUT2D eigenvalue weighted by atomic mass is 17.2. The summed E-state index contributed by atoms with van der Waals surface area (Å²) in [4.78, 5) is 10.0. The van der Waals surface area contributed by atoms with Crippen LogP contribution in [0.25, 0.3) is 0 Å². The number of benzene rings is 1. The van der Waals surface area contributed by atoms with Gasteiger partial charge in [-0.05, 0) is 19.4 Å². The largest absolute Gasteiger partial charge is 0.394 e. The van der Waals surface area contributed by atoms with Gasteiger partial charge in [0, 0.05) is 0 Å². The summed E-state index contributed by atoms with van der Waals surface area (Å²) in [6, 6.07) is 9.80. The molecule has 0 unspecified atom stereocenters. The van der Waals surface area contributed by atoms with E-state index in [1.165, 1.54) is 0 Å². The summed E-state index contributed by atoms with van der Waals surface area (Å²) >= 11 is 0. The third kappa shape index (κ3) is 3.10. The predicted octanol–water partition coefficient (Wildman–Crippen LogP) is 1.86. The van der Waals surface area contributed by atoms with Gasteiger partial charge in [-0.15, -0.1) is 0 Å². The molecular weight excluding hydrogens is 180 g/mol. The molecule has 1 N–H and O–H groups in total. The van der Waals surface area contributed by atoms with Crippen molar-refractivity contribution in [2.75, 3.05) is 13.2 Å². The Morgan fingerprint density at radius 1 is 1.21 bits per heavy atom. The average Bonchev–Trinajstić information content (AvgIpc) is 2.19. The first-order chi connectivity index (χ1) is 6.67. The third-order valence-electron chi connectivity index (χ3n) is 1.91. The second-order valence-electron chi connectivity index (χ2n) is 3.51. The van der Waals surface area contributed by atoms with Crippen LogP contribution in [0.2, 0.25) is 0 Å². The molecule has 0 heterocycles. The summed E-state index contributed by atoms with van der Waals surface area (Å²) in [7, 11) is 0. The van der Waals surface area contributed by atoms with Gasteiger partial charge < -0.3 is 5.11 Å². The van der Waals surface area contributed by atoms with Crippen molar-refractivity contribution in [1.82, 2.24) is 0 Å². The molecule has 1 aromatic carbocycles. The Morgan fingerprint density at radius 2 is 1.86 bits per heavy atom. The number of rotatable bonds is 5. The van der Waals surface area contributed by atoms with Crippen molar-refractivity contribution >= 4 is 0 Å². The van der Waals surface area contributed by atoms with Gasteiger partial charge in [0.1, 0.15) is 12.2 Å². The fourth-order valence-electron chi connectivity index (χ4n) is 1.11. The maximum absolute atomic E-state index is 8.53. The summed E-state index contributed by atoms with van der Waals surface area (Å²) in [6.45, 7) is 3.99. The van der Waals surface area contributed by atoms with Crippen LogP contribution in [0.15, 0.2) is 30.3 Å². The lowest BCUT2D eigenvalue weighted by molar-refractivity contribution is -0.360. The van der Waals surface area contributed by atoms with E-state index >= 15 is 0 Å². The molecule has 1 aromatic rings. The fraction of sp³-hybridized carbons (Fsp3) is 0.455. The topological polar surface area (TPSA) is 38.7 Å². The number of aliphatic hydroxyl groups excluding tert-OH is 1. The van der Waals surface area contributed by atoms with Crippen LogP contribution in [-0.2, 0) is 15.4 Å². The number of aliphatic hydroxyl groups is 1. The molecule has 0 aliphatic carbocycles. The Balaban J connectivity index is 2.56. The van der Waals surface area contributed by atoms with Crippen molar-refractivity contribution in [3.05, 3.63) is 35.9 Å². The molecule has 0 bridgehead atoms. The minimum Gasteiger partial charge on any atom is -0.394 e. The molecular formula is C11H16O3. The van der Waals surface area contributed by atoms with Crippen molar-refractivity contribution in [2.45, 2.75) is 19.4 Å². The van der Waals surface area contributed by atoms with Crippen LogP contribution in [0, 0.1) is 0 Å². The highest BCUT2D eigenvalue weighted by Crippen LogP contribution is 2.24. The summed E-state index contributed by atoms with van der Waals surface area (Å²) < 4.78 is 0. The fourth-order valence-corrected chi connectivity index (χ4v) is 1.11. The van der Waals surface area contributed by atoms with Crippen LogP contribution >= 0.6 is 0 Å². The summed E-state index contributed by atoms with van der Waals surface area (Å²) in [5.41, 5.74) is 0.550.